The summed E-state index contributed by atoms with van der Waals surface area (Å²) in [6, 6.07) is 12.6. The third-order valence-corrected chi connectivity index (χ3v) is 3.61. The molecule has 0 bridgehead atoms. The molecule has 2 amide bonds. The van der Waals surface area contributed by atoms with Crippen LogP contribution in [0.5, 0.6) is 0 Å². The van der Waals surface area contributed by atoms with Gasteiger partial charge in [0.25, 0.3) is 5.91 Å². The molecule has 2 aromatic carbocycles. The molecule has 0 heterocycles. The van der Waals surface area contributed by atoms with Gasteiger partial charge in [-0.25, -0.2) is 4.39 Å². The summed E-state index contributed by atoms with van der Waals surface area (Å²) in [7, 11) is 0. The summed E-state index contributed by atoms with van der Waals surface area (Å²) >= 11 is 0. The second-order valence-electron chi connectivity index (χ2n) is 5.83. The summed E-state index contributed by atoms with van der Waals surface area (Å²) in [5.41, 5.74) is 1.07. The number of hydrogen-bond acceptors (Lipinski definition) is 4. The molecule has 0 aliphatic carbocycles. The second kappa shape index (κ2) is 9.28. The van der Waals surface area contributed by atoms with Gasteiger partial charge in [-0.3, -0.25) is 9.59 Å². The molecule has 0 fully saturated rings. The molecule has 6 nitrogen and oxygen atoms in total. The molecule has 27 heavy (non-hydrogen) atoms. The van der Waals surface area contributed by atoms with Gasteiger partial charge in [0, 0.05) is 6.92 Å². The van der Waals surface area contributed by atoms with Gasteiger partial charge >= 0.3 is 0 Å². The Hall–Kier alpha value is -3.48. The number of carboxylic acid groups (broad SMARTS) is 1. The zero-order valence-electron chi connectivity index (χ0n) is 14.6. The summed E-state index contributed by atoms with van der Waals surface area (Å²) in [5.74, 6) is -3.19. The largest absolute Gasteiger partial charge is 0.548 e. The molecule has 2 aromatic rings. The van der Waals surface area contributed by atoms with Crippen LogP contribution in [0.15, 0.2) is 60.3 Å². The van der Waals surface area contributed by atoms with Gasteiger partial charge < -0.3 is 20.5 Å². The first-order valence-electron chi connectivity index (χ1n) is 8.15. The molecule has 0 aromatic heterocycles. The number of carbonyl (C=O) groups excluding carboxylic acids is 3. The lowest BCUT2D eigenvalue weighted by atomic mass is 10.1. The number of amides is 2. The van der Waals surface area contributed by atoms with Crippen LogP contribution in [-0.2, 0) is 20.8 Å². The third kappa shape index (κ3) is 6.39. The van der Waals surface area contributed by atoms with E-state index >= 15 is 0 Å². The van der Waals surface area contributed by atoms with Crippen molar-refractivity contribution in [2.45, 2.75) is 19.4 Å². The predicted molar refractivity (Wildman–Crippen MR) is 95.3 cm³/mol. The molecule has 0 saturated heterocycles. The van der Waals surface area contributed by atoms with E-state index in [1.54, 1.807) is 30.3 Å². The fourth-order valence-corrected chi connectivity index (χ4v) is 2.35. The lowest BCUT2D eigenvalue weighted by Crippen LogP contribution is -2.50. The standard InChI is InChI=1S/C20H19FN2O4/c1-13(24)22-17(11-14-5-3-2-4-6-14)19(25)23-18(20(26)27)12-15-7-9-16(21)10-8-15/h2-11,18H,12H2,1H3,(H,22,24)(H,23,25)(H,26,27)/p-1. The van der Waals surface area contributed by atoms with E-state index in [2.05, 4.69) is 10.6 Å². The van der Waals surface area contributed by atoms with Gasteiger partial charge in [0.15, 0.2) is 0 Å². The van der Waals surface area contributed by atoms with E-state index in [-0.39, 0.29) is 12.1 Å². The molecule has 2 N–H and O–H groups in total. The number of carbonyl (C=O) groups is 3. The normalized spacial score (nSPS) is 12.1. The average molecular weight is 369 g/mol. The second-order valence-corrected chi connectivity index (χ2v) is 5.83. The molecule has 7 heteroatoms. The summed E-state index contributed by atoms with van der Waals surface area (Å²) in [5, 5.41) is 16.1. The van der Waals surface area contributed by atoms with Gasteiger partial charge in [-0.15, -0.1) is 0 Å². The van der Waals surface area contributed by atoms with Crippen LogP contribution < -0.4 is 15.7 Å². The van der Waals surface area contributed by atoms with Gasteiger partial charge in [0.2, 0.25) is 5.91 Å². The molecular formula is C20H18FN2O4-. The number of aliphatic carboxylic acids is 1. The van der Waals surface area contributed by atoms with E-state index < -0.39 is 29.6 Å². The highest BCUT2D eigenvalue weighted by atomic mass is 19.1. The van der Waals surface area contributed by atoms with Crippen molar-refractivity contribution in [3.8, 4) is 0 Å². The Balaban J connectivity index is 2.19. The van der Waals surface area contributed by atoms with E-state index in [4.69, 9.17) is 0 Å². The molecule has 1 unspecified atom stereocenters. The zero-order chi connectivity index (χ0) is 19.8. The summed E-state index contributed by atoms with van der Waals surface area (Å²) in [4.78, 5) is 35.3. The maximum absolute atomic E-state index is 13.0. The molecule has 140 valence electrons. The van der Waals surface area contributed by atoms with Gasteiger partial charge in [-0.2, -0.15) is 0 Å². The molecule has 0 saturated carbocycles. The Morgan fingerprint density at radius 1 is 1.07 bits per heavy atom. The average Bonchev–Trinajstić information content (AvgIpc) is 2.62. The van der Waals surface area contributed by atoms with Gasteiger partial charge in [0.1, 0.15) is 11.5 Å². The number of hydrogen-bond donors (Lipinski definition) is 2. The van der Waals surface area contributed by atoms with Crippen LogP contribution in [0.4, 0.5) is 4.39 Å². The van der Waals surface area contributed by atoms with Crippen molar-refractivity contribution >= 4 is 23.9 Å². The molecule has 0 aliphatic heterocycles. The number of benzene rings is 2. The molecule has 0 aliphatic rings. The SMILES string of the molecule is CC(=O)NC(=Cc1ccccc1)C(=O)NC(Cc1ccc(F)cc1)C(=O)[O-]. The Morgan fingerprint density at radius 3 is 2.26 bits per heavy atom. The van der Waals surface area contributed by atoms with Crippen molar-refractivity contribution in [1.29, 1.82) is 0 Å². The molecule has 1 atom stereocenters. The van der Waals surface area contributed by atoms with Crippen molar-refractivity contribution in [2.24, 2.45) is 0 Å². The topological polar surface area (TPSA) is 98.3 Å². The fraction of sp³-hybridized carbons (Fsp3) is 0.150. The van der Waals surface area contributed by atoms with Crippen LogP contribution in [-0.4, -0.2) is 23.8 Å². The number of nitrogens with one attached hydrogen (secondary N) is 2. The molecule has 2 rings (SSSR count). The minimum absolute atomic E-state index is 0.0902. The Bertz CT molecular complexity index is 848. The maximum Gasteiger partial charge on any atom is 0.268 e. The summed E-state index contributed by atoms with van der Waals surface area (Å²) in [6.45, 7) is 1.24. The Morgan fingerprint density at radius 2 is 1.70 bits per heavy atom. The van der Waals surface area contributed by atoms with Crippen LogP contribution in [0.25, 0.3) is 6.08 Å². The molecule has 0 radical (unpaired) electrons. The highest BCUT2D eigenvalue weighted by Crippen LogP contribution is 2.08. The lowest BCUT2D eigenvalue weighted by Gasteiger charge is -2.21. The Kier molecular flexibility index (Phi) is 6.82. The van der Waals surface area contributed by atoms with Crippen molar-refractivity contribution in [3.63, 3.8) is 0 Å². The van der Waals surface area contributed by atoms with Gasteiger partial charge in [0.05, 0.1) is 12.0 Å². The minimum Gasteiger partial charge on any atom is -0.548 e. The quantitative estimate of drug-likeness (QED) is 0.705. The third-order valence-electron chi connectivity index (χ3n) is 3.61. The number of rotatable bonds is 7. The van der Waals surface area contributed by atoms with E-state index in [0.29, 0.717) is 11.1 Å². The van der Waals surface area contributed by atoms with E-state index in [1.807, 2.05) is 0 Å². The summed E-state index contributed by atoms with van der Waals surface area (Å²) in [6.07, 6.45) is 1.34. The van der Waals surface area contributed by atoms with Gasteiger partial charge in [-0.05, 0) is 35.8 Å². The molecular weight excluding hydrogens is 351 g/mol. The fourth-order valence-electron chi connectivity index (χ4n) is 2.35. The van der Waals surface area contributed by atoms with Gasteiger partial charge in [-0.1, -0.05) is 42.5 Å². The van der Waals surface area contributed by atoms with Crippen molar-refractivity contribution in [2.75, 3.05) is 0 Å². The monoisotopic (exact) mass is 369 g/mol. The first kappa shape index (κ1) is 19.8. The van der Waals surface area contributed by atoms with Crippen LogP contribution in [0, 0.1) is 5.82 Å². The van der Waals surface area contributed by atoms with Crippen LogP contribution >= 0.6 is 0 Å². The highest BCUT2D eigenvalue weighted by Gasteiger charge is 2.18. The molecule has 0 spiro atoms. The van der Waals surface area contributed by atoms with Crippen LogP contribution in [0.1, 0.15) is 18.1 Å². The Labute approximate surface area is 155 Å². The van der Waals surface area contributed by atoms with Crippen LogP contribution in [0.2, 0.25) is 0 Å². The highest BCUT2D eigenvalue weighted by molar-refractivity contribution is 6.02. The number of carboxylic acids is 1. The number of halogens is 1. The smallest absolute Gasteiger partial charge is 0.268 e. The van der Waals surface area contributed by atoms with Crippen molar-refractivity contribution in [1.82, 2.24) is 10.6 Å². The van der Waals surface area contributed by atoms with Crippen molar-refractivity contribution in [3.05, 3.63) is 77.2 Å². The van der Waals surface area contributed by atoms with Crippen molar-refractivity contribution < 1.29 is 23.9 Å². The lowest BCUT2D eigenvalue weighted by molar-refractivity contribution is -0.308. The first-order valence-corrected chi connectivity index (χ1v) is 8.15. The van der Waals surface area contributed by atoms with E-state index in [0.717, 1.165) is 0 Å². The summed E-state index contributed by atoms with van der Waals surface area (Å²) < 4.78 is 13.0. The van der Waals surface area contributed by atoms with Crippen LogP contribution in [0.3, 0.4) is 0 Å². The van der Waals surface area contributed by atoms with E-state index in [1.165, 1.54) is 37.3 Å². The minimum atomic E-state index is -1.49. The zero-order valence-corrected chi connectivity index (χ0v) is 14.6. The first-order chi connectivity index (χ1) is 12.8. The van der Waals surface area contributed by atoms with E-state index in [9.17, 15) is 23.9 Å². The maximum atomic E-state index is 13.0. The predicted octanol–water partition coefficient (Wildman–Crippen LogP) is 0.780.